The molecule has 0 saturated carbocycles. The smallest absolute Gasteiger partial charge is 0.233 e. The minimum absolute atomic E-state index is 0.0795. The summed E-state index contributed by atoms with van der Waals surface area (Å²) in [6.45, 7) is 4.33. The number of likely N-dealkylation sites (tertiary alicyclic amines) is 1. The number of carbonyl (C=O) groups excluding carboxylic acids is 1. The van der Waals surface area contributed by atoms with Gasteiger partial charge in [0.05, 0.1) is 20.0 Å². The van der Waals surface area contributed by atoms with Gasteiger partial charge in [-0.2, -0.15) is 0 Å². The molecular weight excluding hydrogens is 324 g/mol. The largest absolute Gasteiger partial charge is 0.493 e. The lowest BCUT2D eigenvalue weighted by atomic mass is 10.1. The molecule has 2 saturated heterocycles. The van der Waals surface area contributed by atoms with Crippen LogP contribution >= 0.6 is 11.8 Å². The third kappa shape index (κ3) is 3.81. The summed E-state index contributed by atoms with van der Waals surface area (Å²) in [5.41, 5.74) is 1.10. The number of thioether (sulfide) groups is 1. The van der Waals surface area contributed by atoms with Crippen molar-refractivity contribution >= 4 is 17.7 Å². The molecule has 5 nitrogen and oxygen atoms in total. The summed E-state index contributed by atoms with van der Waals surface area (Å²) >= 11 is 1.69. The predicted octanol–water partition coefficient (Wildman–Crippen LogP) is 2.76. The van der Waals surface area contributed by atoms with Gasteiger partial charge in [0.1, 0.15) is 5.37 Å². The van der Waals surface area contributed by atoms with Crippen molar-refractivity contribution in [2.75, 3.05) is 46.2 Å². The van der Waals surface area contributed by atoms with Gasteiger partial charge in [-0.05, 0) is 56.6 Å². The first kappa shape index (κ1) is 17.4. The van der Waals surface area contributed by atoms with E-state index in [-0.39, 0.29) is 11.3 Å². The van der Waals surface area contributed by atoms with Crippen LogP contribution in [0.25, 0.3) is 0 Å². The van der Waals surface area contributed by atoms with Crippen molar-refractivity contribution in [3.05, 3.63) is 23.8 Å². The van der Waals surface area contributed by atoms with Crippen molar-refractivity contribution in [1.29, 1.82) is 0 Å². The zero-order valence-electron chi connectivity index (χ0n) is 14.5. The molecule has 0 spiro atoms. The van der Waals surface area contributed by atoms with Crippen LogP contribution in [0, 0.1) is 0 Å². The average molecular weight is 350 g/mol. The summed E-state index contributed by atoms with van der Waals surface area (Å²) in [7, 11) is 3.28. The Labute approximate surface area is 148 Å². The van der Waals surface area contributed by atoms with E-state index in [1.165, 1.54) is 25.9 Å². The molecule has 0 aliphatic carbocycles. The van der Waals surface area contributed by atoms with Crippen LogP contribution in [-0.2, 0) is 4.79 Å². The molecule has 0 bridgehead atoms. The van der Waals surface area contributed by atoms with Crippen LogP contribution in [0.4, 0.5) is 0 Å². The molecule has 24 heavy (non-hydrogen) atoms. The summed E-state index contributed by atoms with van der Waals surface area (Å²) in [4.78, 5) is 16.8. The Kier molecular flexibility index (Phi) is 5.89. The molecule has 2 heterocycles. The van der Waals surface area contributed by atoms with Crippen LogP contribution < -0.4 is 9.47 Å². The van der Waals surface area contributed by atoms with Gasteiger partial charge in [0.25, 0.3) is 0 Å². The van der Waals surface area contributed by atoms with Gasteiger partial charge in [-0.25, -0.2) is 0 Å². The van der Waals surface area contributed by atoms with Crippen LogP contribution in [0.3, 0.4) is 0 Å². The van der Waals surface area contributed by atoms with E-state index >= 15 is 0 Å². The highest BCUT2D eigenvalue weighted by Crippen LogP contribution is 2.41. The van der Waals surface area contributed by atoms with Crippen LogP contribution in [0.1, 0.15) is 30.2 Å². The molecule has 1 amide bonds. The lowest BCUT2D eigenvalue weighted by Crippen LogP contribution is -2.32. The third-order valence-electron chi connectivity index (χ3n) is 4.73. The lowest BCUT2D eigenvalue weighted by Gasteiger charge is -2.26. The SMILES string of the molecule is COc1ccc(C2SCC(=O)N2CCCN2CCCC2)cc1OC. The van der Waals surface area contributed by atoms with E-state index in [1.54, 1.807) is 26.0 Å². The molecule has 1 aromatic carbocycles. The molecule has 0 N–H and O–H groups in total. The normalized spacial score (nSPS) is 21.5. The molecule has 1 atom stereocenters. The third-order valence-corrected chi connectivity index (χ3v) is 5.99. The van der Waals surface area contributed by atoms with Crippen molar-refractivity contribution in [3.8, 4) is 11.5 Å². The van der Waals surface area contributed by atoms with E-state index < -0.39 is 0 Å². The highest BCUT2D eigenvalue weighted by Gasteiger charge is 2.33. The molecular formula is C18H26N2O3S. The summed E-state index contributed by atoms with van der Waals surface area (Å²) in [6, 6.07) is 5.94. The first-order chi connectivity index (χ1) is 11.7. The number of hydrogen-bond donors (Lipinski definition) is 0. The van der Waals surface area contributed by atoms with Crippen LogP contribution in [0.5, 0.6) is 11.5 Å². The molecule has 2 aliphatic heterocycles. The van der Waals surface area contributed by atoms with Crippen LogP contribution in [-0.4, -0.2) is 61.9 Å². The predicted molar refractivity (Wildman–Crippen MR) is 96.7 cm³/mol. The Hall–Kier alpha value is -1.40. The topological polar surface area (TPSA) is 42.0 Å². The van der Waals surface area contributed by atoms with Crippen LogP contribution in [0.2, 0.25) is 0 Å². The van der Waals surface area contributed by atoms with Crippen molar-refractivity contribution in [3.63, 3.8) is 0 Å². The minimum Gasteiger partial charge on any atom is -0.493 e. The average Bonchev–Trinajstić information content (AvgIpc) is 3.25. The fraction of sp³-hybridized carbons (Fsp3) is 0.611. The Morgan fingerprint density at radius 3 is 2.58 bits per heavy atom. The van der Waals surface area contributed by atoms with Gasteiger partial charge in [0.15, 0.2) is 11.5 Å². The Balaban J connectivity index is 1.65. The Morgan fingerprint density at radius 2 is 1.88 bits per heavy atom. The zero-order chi connectivity index (χ0) is 16.9. The highest BCUT2D eigenvalue weighted by molar-refractivity contribution is 8.00. The van der Waals surface area contributed by atoms with Crippen molar-refractivity contribution < 1.29 is 14.3 Å². The van der Waals surface area contributed by atoms with E-state index in [0.29, 0.717) is 11.5 Å². The van der Waals surface area contributed by atoms with E-state index in [4.69, 9.17) is 9.47 Å². The van der Waals surface area contributed by atoms with Gasteiger partial charge in [-0.15, -0.1) is 11.8 Å². The quantitative estimate of drug-likeness (QED) is 0.756. The van der Waals surface area contributed by atoms with E-state index in [2.05, 4.69) is 4.90 Å². The van der Waals surface area contributed by atoms with E-state index in [9.17, 15) is 4.79 Å². The summed E-state index contributed by atoms with van der Waals surface area (Å²) in [5, 5.41) is 0.0795. The second-order valence-electron chi connectivity index (χ2n) is 6.27. The molecule has 2 fully saturated rings. The van der Waals surface area contributed by atoms with E-state index in [0.717, 1.165) is 30.8 Å². The lowest BCUT2D eigenvalue weighted by molar-refractivity contribution is -0.128. The number of benzene rings is 1. The number of hydrogen-bond acceptors (Lipinski definition) is 5. The highest BCUT2D eigenvalue weighted by atomic mass is 32.2. The zero-order valence-corrected chi connectivity index (χ0v) is 15.3. The first-order valence-corrected chi connectivity index (χ1v) is 9.63. The maximum absolute atomic E-state index is 12.3. The molecule has 1 aromatic rings. The summed E-state index contributed by atoms with van der Waals surface area (Å²) < 4.78 is 10.7. The van der Waals surface area contributed by atoms with Crippen LogP contribution in [0.15, 0.2) is 18.2 Å². The minimum atomic E-state index is 0.0795. The summed E-state index contributed by atoms with van der Waals surface area (Å²) in [6.07, 6.45) is 3.66. The molecule has 3 rings (SSSR count). The van der Waals surface area contributed by atoms with Gasteiger partial charge in [-0.1, -0.05) is 6.07 Å². The van der Waals surface area contributed by atoms with E-state index in [1.807, 2.05) is 23.1 Å². The molecule has 0 aromatic heterocycles. The number of ether oxygens (including phenoxy) is 2. The van der Waals surface area contributed by atoms with Gasteiger partial charge in [0, 0.05) is 6.54 Å². The number of amides is 1. The first-order valence-electron chi connectivity index (χ1n) is 8.58. The second-order valence-corrected chi connectivity index (χ2v) is 7.34. The van der Waals surface area contributed by atoms with Crippen molar-refractivity contribution in [1.82, 2.24) is 9.80 Å². The number of nitrogens with zero attached hydrogens (tertiary/aromatic N) is 2. The molecule has 132 valence electrons. The maximum atomic E-state index is 12.3. The molecule has 2 aliphatic rings. The fourth-order valence-corrected chi connectivity index (χ4v) is 4.66. The number of methoxy groups -OCH3 is 2. The Bertz CT molecular complexity index is 575. The Morgan fingerprint density at radius 1 is 1.12 bits per heavy atom. The standard InChI is InChI=1S/C18H26N2O3S/c1-22-15-7-6-14(12-16(15)23-2)18-20(17(21)13-24-18)11-5-10-19-8-3-4-9-19/h6-7,12,18H,3-5,8-11,13H2,1-2H3. The number of rotatable bonds is 7. The van der Waals surface area contributed by atoms with Gasteiger partial charge in [-0.3, -0.25) is 4.79 Å². The fourth-order valence-electron chi connectivity index (χ4n) is 3.45. The molecule has 6 heteroatoms. The number of carbonyl (C=O) groups is 1. The summed E-state index contributed by atoms with van der Waals surface area (Å²) in [5.74, 6) is 2.23. The van der Waals surface area contributed by atoms with Gasteiger partial charge < -0.3 is 19.3 Å². The molecule has 0 radical (unpaired) electrons. The van der Waals surface area contributed by atoms with Crippen molar-refractivity contribution in [2.24, 2.45) is 0 Å². The van der Waals surface area contributed by atoms with Crippen molar-refractivity contribution in [2.45, 2.75) is 24.6 Å². The maximum Gasteiger partial charge on any atom is 0.233 e. The van der Waals surface area contributed by atoms with Gasteiger partial charge in [0.2, 0.25) is 5.91 Å². The molecule has 1 unspecified atom stereocenters. The second kappa shape index (κ2) is 8.12. The van der Waals surface area contributed by atoms with Gasteiger partial charge >= 0.3 is 0 Å². The monoisotopic (exact) mass is 350 g/mol.